The van der Waals surface area contributed by atoms with E-state index in [1.54, 1.807) is 0 Å². The number of methoxy groups -OCH3 is 1. The Labute approximate surface area is 63.2 Å². The van der Waals surface area contributed by atoms with E-state index in [1.165, 1.54) is 7.11 Å². The molecule has 6 nitrogen and oxygen atoms in total. The Morgan fingerprint density at radius 1 is 1.82 bits per heavy atom. The number of hydrogen-bond donors (Lipinski definition) is 1. The second kappa shape index (κ2) is 2.77. The lowest BCUT2D eigenvalue weighted by Gasteiger charge is -2.34. The number of carbonyl (C=O) groups excluding carboxylic acids is 1. The lowest BCUT2D eigenvalue weighted by Crippen LogP contribution is -2.63. The van der Waals surface area contributed by atoms with Crippen molar-refractivity contribution in [2.24, 2.45) is 5.11 Å². The first-order valence-electron chi connectivity index (χ1n) is 3.10. The minimum atomic E-state index is -0.983. The van der Waals surface area contributed by atoms with E-state index in [9.17, 15) is 4.79 Å². The van der Waals surface area contributed by atoms with Gasteiger partial charge in [-0.05, 0) is 5.53 Å². The number of rotatable bonds is 2. The van der Waals surface area contributed by atoms with Gasteiger partial charge in [-0.1, -0.05) is 5.11 Å². The zero-order valence-corrected chi connectivity index (χ0v) is 6.07. The van der Waals surface area contributed by atoms with Crippen LogP contribution in [-0.2, 0) is 9.53 Å². The summed E-state index contributed by atoms with van der Waals surface area (Å²) in [4.78, 5) is 13.6. The molecule has 1 heterocycles. The van der Waals surface area contributed by atoms with Crippen molar-refractivity contribution < 1.29 is 9.53 Å². The molecule has 0 saturated carbocycles. The van der Waals surface area contributed by atoms with Gasteiger partial charge in [-0.2, -0.15) is 0 Å². The van der Waals surface area contributed by atoms with Crippen molar-refractivity contribution in [1.29, 1.82) is 0 Å². The number of nitrogens with one attached hydrogen (secondary N) is 1. The molecule has 0 aromatic carbocycles. The summed E-state index contributed by atoms with van der Waals surface area (Å²) in [5.41, 5.74) is 7.15. The summed E-state index contributed by atoms with van der Waals surface area (Å²) in [6.45, 7) is 0.730. The van der Waals surface area contributed by atoms with Crippen molar-refractivity contribution in [2.75, 3.05) is 20.2 Å². The molecule has 0 aliphatic carbocycles. The third-order valence-electron chi connectivity index (χ3n) is 1.64. The molecule has 0 unspecified atom stereocenters. The molecule has 1 rings (SSSR count). The fraction of sp³-hybridized carbons (Fsp3) is 0.800. The second-order valence-electron chi connectivity index (χ2n) is 2.32. The maximum absolute atomic E-state index is 11.0. The van der Waals surface area contributed by atoms with Crippen LogP contribution in [0, 0.1) is 0 Å². The van der Waals surface area contributed by atoms with Gasteiger partial charge < -0.3 is 10.1 Å². The quantitative estimate of drug-likeness (QED) is 0.260. The number of hydrogen-bond acceptors (Lipinski definition) is 4. The monoisotopic (exact) mass is 156 g/mol. The SMILES string of the molecule is COC(=O)C1(N=[N+]=[N-])CNC1. The summed E-state index contributed by atoms with van der Waals surface area (Å²) in [5.74, 6) is -0.478. The minimum absolute atomic E-state index is 0.365. The van der Waals surface area contributed by atoms with Gasteiger partial charge in [-0.15, -0.1) is 0 Å². The highest BCUT2D eigenvalue weighted by atomic mass is 16.5. The van der Waals surface area contributed by atoms with E-state index in [2.05, 4.69) is 20.1 Å². The van der Waals surface area contributed by atoms with Crippen LogP contribution < -0.4 is 5.32 Å². The third kappa shape index (κ3) is 1.13. The molecule has 11 heavy (non-hydrogen) atoms. The molecule has 1 fully saturated rings. The number of carbonyl (C=O) groups is 1. The van der Waals surface area contributed by atoms with E-state index < -0.39 is 11.5 Å². The van der Waals surface area contributed by atoms with Crippen LogP contribution in [-0.4, -0.2) is 31.7 Å². The third-order valence-corrected chi connectivity index (χ3v) is 1.64. The average Bonchev–Trinajstić information content (AvgIpc) is 1.95. The van der Waals surface area contributed by atoms with Crippen LogP contribution in [0.1, 0.15) is 0 Å². The minimum Gasteiger partial charge on any atom is -0.468 e. The zero-order valence-electron chi connectivity index (χ0n) is 6.07. The Morgan fingerprint density at radius 2 is 2.45 bits per heavy atom. The summed E-state index contributed by atoms with van der Waals surface area (Å²) in [6.07, 6.45) is 0. The fourth-order valence-electron chi connectivity index (χ4n) is 0.893. The summed E-state index contributed by atoms with van der Waals surface area (Å²) in [7, 11) is 1.27. The molecule has 0 amide bonds. The van der Waals surface area contributed by atoms with Gasteiger partial charge in [0.1, 0.15) is 0 Å². The average molecular weight is 156 g/mol. The Balaban J connectivity index is 2.75. The molecular weight excluding hydrogens is 148 g/mol. The Hall–Kier alpha value is -1.26. The molecule has 0 aromatic rings. The predicted octanol–water partition coefficient (Wildman–Crippen LogP) is -0.188. The van der Waals surface area contributed by atoms with Gasteiger partial charge >= 0.3 is 5.97 Å². The molecule has 60 valence electrons. The second-order valence-corrected chi connectivity index (χ2v) is 2.32. The van der Waals surface area contributed by atoms with Crippen LogP contribution in [0.4, 0.5) is 0 Å². The first kappa shape index (κ1) is 7.84. The highest BCUT2D eigenvalue weighted by Gasteiger charge is 2.44. The predicted molar refractivity (Wildman–Crippen MR) is 36.8 cm³/mol. The molecule has 1 aliphatic heterocycles. The van der Waals surface area contributed by atoms with E-state index in [4.69, 9.17) is 5.53 Å². The molecule has 6 heteroatoms. The molecular formula is C5H8N4O2. The van der Waals surface area contributed by atoms with Crippen LogP contribution in [0.5, 0.6) is 0 Å². The van der Waals surface area contributed by atoms with Crippen molar-refractivity contribution in [3.05, 3.63) is 10.4 Å². The van der Waals surface area contributed by atoms with Crippen LogP contribution in [0.3, 0.4) is 0 Å². The lowest BCUT2D eigenvalue weighted by molar-refractivity contribution is -0.148. The Morgan fingerprint density at radius 3 is 2.73 bits per heavy atom. The lowest BCUT2D eigenvalue weighted by atomic mass is 9.94. The highest BCUT2D eigenvalue weighted by Crippen LogP contribution is 2.18. The maximum Gasteiger partial charge on any atom is 0.320 e. The Kier molecular flexibility index (Phi) is 1.98. The molecule has 1 N–H and O–H groups in total. The van der Waals surface area contributed by atoms with Gasteiger partial charge in [-0.3, -0.25) is 4.79 Å². The van der Waals surface area contributed by atoms with Crippen molar-refractivity contribution in [1.82, 2.24) is 5.32 Å². The van der Waals surface area contributed by atoms with Crippen LogP contribution in [0.15, 0.2) is 5.11 Å². The van der Waals surface area contributed by atoms with Gasteiger partial charge in [0.05, 0.1) is 7.11 Å². The van der Waals surface area contributed by atoms with Crippen molar-refractivity contribution in [3.8, 4) is 0 Å². The largest absolute Gasteiger partial charge is 0.468 e. The fourth-order valence-corrected chi connectivity index (χ4v) is 0.893. The van der Waals surface area contributed by atoms with Crippen molar-refractivity contribution in [2.45, 2.75) is 5.54 Å². The number of ether oxygens (including phenoxy) is 1. The van der Waals surface area contributed by atoms with Crippen LogP contribution in [0.25, 0.3) is 10.4 Å². The van der Waals surface area contributed by atoms with Crippen LogP contribution in [0.2, 0.25) is 0 Å². The zero-order chi connectivity index (χ0) is 8.32. The summed E-state index contributed by atoms with van der Waals surface area (Å²) in [5, 5.41) is 6.21. The Bertz CT molecular complexity index is 217. The van der Waals surface area contributed by atoms with E-state index in [1.807, 2.05) is 0 Å². The van der Waals surface area contributed by atoms with Crippen LogP contribution >= 0.6 is 0 Å². The topological polar surface area (TPSA) is 87.1 Å². The van der Waals surface area contributed by atoms with Gasteiger partial charge in [0.15, 0.2) is 5.54 Å². The number of azide groups is 1. The van der Waals surface area contributed by atoms with Gasteiger partial charge in [-0.25, -0.2) is 0 Å². The summed E-state index contributed by atoms with van der Waals surface area (Å²) >= 11 is 0. The van der Waals surface area contributed by atoms with Crippen molar-refractivity contribution >= 4 is 5.97 Å². The first-order chi connectivity index (χ1) is 5.25. The molecule has 1 aliphatic rings. The standard InChI is InChI=1S/C5H8N4O2/c1-11-4(10)5(8-9-6)2-7-3-5/h7H,2-3H2,1H3. The molecule has 0 radical (unpaired) electrons. The highest BCUT2D eigenvalue weighted by molar-refractivity contribution is 5.83. The first-order valence-corrected chi connectivity index (χ1v) is 3.10. The molecule has 0 aromatic heterocycles. The van der Waals surface area contributed by atoms with E-state index in [-0.39, 0.29) is 0 Å². The summed E-state index contributed by atoms with van der Waals surface area (Å²) in [6, 6.07) is 0. The molecule has 1 saturated heterocycles. The normalized spacial score (nSPS) is 19.4. The van der Waals surface area contributed by atoms with E-state index in [0.717, 1.165) is 0 Å². The molecule has 0 bridgehead atoms. The molecule has 0 spiro atoms. The maximum atomic E-state index is 11.0. The smallest absolute Gasteiger partial charge is 0.320 e. The number of nitrogens with zero attached hydrogens (tertiary/aromatic N) is 3. The van der Waals surface area contributed by atoms with Gasteiger partial charge in [0.25, 0.3) is 0 Å². The van der Waals surface area contributed by atoms with E-state index in [0.29, 0.717) is 13.1 Å². The number of esters is 1. The summed E-state index contributed by atoms with van der Waals surface area (Å²) < 4.78 is 4.47. The van der Waals surface area contributed by atoms with Gasteiger partial charge in [0.2, 0.25) is 0 Å². The molecule has 0 atom stereocenters. The van der Waals surface area contributed by atoms with Crippen molar-refractivity contribution in [3.63, 3.8) is 0 Å². The van der Waals surface area contributed by atoms with E-state index >= 15 is 0 Å². The van der Waals surface area contributed by atoms with Gasteiger partial charge in [0, 0.05) is 18.0 Å².